The van der Waals surface area contributed by atoms with Crippen LogP contribution < -0.4 is 15.4 Å². The van der Waals surface area contributed by atoms with Crippen LogP contribution in [0, 0.1) is 0 Å². The van der Waals surface area contributed by atoms with Crippen molar-refractivity contribution in [2.24, 2.45) is 7.05 Å². The lowest BCUT2D eigenvalue weighted by molar-refractivity contribution is -0.119. The Morgan fingerprint density at radius 2 is 1.85 bits per heavy atom. The van der Waals surface area contributed by atoms with Crippen molar-refractivity contribution in [1.29, 1.82) is 0 Å². The Bertz CT molecular complexity index is 2180. The van der Waals surface area contributed by atoms with Gasteiger partial charge in [0.05, 0.1) is 41.2 Å². The second-order valence-corrected chi connectivity index (χ2v) is 15.4. The number of carbonyl (C=O) groups excluding carboxylic acids is 2. The number of pyridine rings is 2. The smallest absolute Gasteiger partial charge is 0.410 e. The fourth-order valence-electron chi connectivity index (χ4n) is 6.67. The zero-order chi connectivity index (χ0) is 38.7. The Kier molecular flexibility index (Phi) is 11.8. The summed E-state index contributed by atoms with van der Waals surface area (Å²) >= 11 is 14.3. The number of benzene rings is 2. The van der Waals surface area contributed by atoms with Gasteiger partial charge in [-0.15, -0.1) is 0 Å². The number of aliphatic hydroxyl groups is 1. The molecule has 11 nitrogen and oxygen atoms in total. The van der Waals surface area contributed by atoms with E-state index in [4.69, 9.17) is 37.7 Å². The van der Waals surface area contributed by atoms with Gasteiger partial charge in [0.25, 0.3) is 0 Å². The summed E-state index contributed by atoms with van der Waals surface area (Å²) in [5.74, 6) is 0.521. The molecule has 1 aliphatic rings. The first kappa shape index (κ1) is 39.0. The van der Waals surface area contributed by atoms with E-state index in [9.17, 15) is 14.7 Å². The van der Waals surface area contributed by atoms with Gasteiger partial charge in [0, 0.05) is 84.7 Å². The fourth-order valence-corrected chi connectivity index (χ4v) is 7.32. The molecule has 54 heavy (non-hydrogen) atoms. The van der Waals surface area contributed by atoms with E-state index >= 15 is 0 Å². The molecule has 1 fully saturated rings. The summed E-state index contributed by atoms with van der Waals surface area (Å²) in [6.45, 7) is 8.84. The summed E-state index contributed by atoms with van der Waals surface area (Å²) in [6.07, 6.45) is 3.91. The molecule has 5 aromatic rings. The molecule has 0 bridgehead atoms. The highest BCUT2D eigenvalue weighted by Crippen LogP contribution is 2.42. The van der Waals surface area contributed by atoms with Gasteiger partial charge in [0.1, 0.15) is 17.0 Å². The van der Waals surface area contributed by atoms with Gasteiger partial charge in [-0.3, -0.25) is 9.78 Å². The van der Waals surface area contributed by atoms with Crippen LogP contribution in [0.3, 0.4) is 0 Å². The predicted octanol–water partition coefficient (Wildman–Crippen LogP) is 7.77. The largest absolute Gasteiger partial charge is 0.496 e. The van der Waals surface area contributed by atoms with Crippen LogP contribution in [0.1, 0.15) is 51.7 Å². The predicted molar refractivity (Wildman–Crippen MR) is 213 cm³/mol. The molecule has 0 spiro atoms. The molecule has 1 aliphatic heterocycles. The molecule has 284 valence electrons. The third kappa shape index (κ3) is 8.81. The molecule has 2 atom stereocenters. The number of carbonyl (C=O) groups is 2. The summed E-state index contributed by atoms with van der Waals surface area (Å²) in [7, 11) is 3.54. The number of aliphatic hydroxyl groups excluding tert-OH is 1. The minimum Gasteiger partial charge on any atom is -0.496 e. The van der Waals surface area contributed by atoms with E-state index in [-0.39, 0.29) is 18.5 Å². The van der Waals surface area contributed by atoms with Crippen molar-refractivity contribution < 1.29 is 24.2 Å². The lowest BCUT2D eigenvalue weighted by Crippen LogP contribution is -2.43. The van der Waals surface area contributed by atoms with Crippen molar-refractivity contribution in [3.63, 3.8) is 0 Å². The van der Waals surface area contributed by atoms with E-state index in [0.717, 1.165) is 44.5 Å². The third-order valence-electron chi connectivity index (χ3n) is 9.21. The molecule has 0 aliphatic carbocycles. The molecule has 1 saturated heterocycles. The van der Waals surface area contributed by atoms with E-state index in [1.165, 1.54) is 0 Å². The minimum absolute atomic E-state index is 0.0242. The summed E-state index contributed by atoms with van der Waals surface area (Å²) < 4.78 is 13.5. The Morgan fingerprint density at radius 1 is 1.09 bits per heavy atom. The van der Waals surface area contributed by atoms with Crippen molar-refractivity contribution >= 4 is 46.2 Å². The van der Waals surface area contributed by atoms with Crippen molar-refractivity contribution in [2.45, 2.75) is 71.4 Å². The van der Waals surface area contributed by atoms with E-state index < -0.39 is 17.8 Å². The monoisotopic (exact) mass is 772 g/mol. The van der Waals surface area contributed by atoms with Crippen molar-refractivity contribution in [1.82, 2.24) is 30.1 Å². The molecular weight excluding hydrogens is 727 g/mol. The van der Waals surface area contributed by atoms with Gasteiger partial charge in [-0.2, -0.15) is 0 Å². The highest BCUT2D eigenvalue weighted by atomic mass is 35.5. The molecule has 0 radical (unpaired) electrons. The lowest BCUT2D eigenvalue weighted by atomic mass is 9.99. The van der Waals surface area contributed by atoms with Gasteiger partial charge in [-0.25, -0.2) is 9.78 Å². The van der Waals surface area contributed by atoms with Gasteiger partial charge >= 0.3 is 6.09 Å². The molecule has 13 heteroatoms. The number of hydrogen-bond acceptors (Lipinski definition) is 8. The summed E-state index contributed by atoms with van der Waals surface area (Å²) in [5.41, 5.74) is 6.16. The van der Waals surface area contributed by atoms with Crippen LogP contribution in [0.25, 0.3) is 44.7 Å². The van der Waals surface area contributed by atoms with Crippen LogP contribution in [0.15, 0.2) is 67.0 Å². The maximum absolute atomic E-state index is 13.3. The Morgan fingerprint density at radius 3 is 2.56 bits per heavy atom. The fraction of sp³-hybridized carbons (Fsp3) is 0.366. The summed E-state index contributed by atoms with van der Waals surface area (Å²) in [4.78, 5) is 36.4. The quantitative estimate of drug-likeness (QED) is 0.117. The maximum Gasteiger partial charge on any atom is 0.410 e. The number of hydrogen-bond donors (Lipinski definition) is 3. The average Bonchev–Trinajstić information content (AvgIpc) is 3.68. The zero-order valence-electron chi connectivity index (χ0n) is 31.4. The van der Waals surface area contributed by atoms with Crippen molar-refractivity contribution in [2.75, 3.05) is 20.2 Å². The number of amides is 2. The van der Waals surface area contributed by atoms with Gasteiger partial charge < -0.3 is 34.7 Å². The Labute approximate surface area is 325 Å². The SMILES string of the molecule is COc1cc(-c2nccc(-c3cccc(-c4ccc5c(CNC[C@H](C)O)cn(C)c5n4)c3Cl)c2Cl)ccc1CN(C[C@@H]1CCC(=O)N1)C(=O)OC(C)(C)C. The molecule has 0 saturated carbocycles. The van der Waals surface area contributed by atoms with Crippen molar-refractivity contribution in [3.8, 4) is 39.4 Å². The highest BCUT2D eigenvalue weighted by Gasteiger charge is 2.29. The topological polar surface area (TPSA) is 131 Å². The minimum atomic E-state index is -0.688. The molecule has 2 amide bonds. The van der Waals surface area contributed by atoms with Crippen LogP contribution in [-0.4, -0.2) is 74.5 Å². The summed E-state index contributed by atoms with van der Waals surface area (Å²) in [5, 5.41) is 17.8. The average molecular weight is 774 g/mol. The molecule has 6 rings (SSSR count). The normalized spacial score (nSPS) is 15.0. The first-order valence-corrected chi connectivity index (χ1v) is 18.7. The zero-order valence-corrected chi connectivity index (χ0v) is 32.9. The van der Waals surface area contributed by atoms with E-state index in [1.807, 2.05) is 93.2 Å². The van der Waals surface area contributed by atoms with Crippen LogP contribution >= 0.6 is 23.2 Å². The number of nitrogens with zero attached hydrogens (tertiary/aromatic N) is 4. The molecular formula is C41H46Cl2N6O5. The molecule has 4 heterocycles. The van der Waals surface area contributed by atoms with Crippen LogP contribution in [0.2, 0.25) is 10.0 Å². The number of nitrogens with one attached hydrogen (secondary N) is 2. The van der Waals surface area contributed by atoms with Crippen LogP contribution in [0.4, 0.5) is 4.79 Å². The van der Waals surface area contributed by atoms with Gasteiger partial charge in [0.2, 0.25) is 5.91 Å². The third-order valence-corrected chi connectivity index (χ3v) is 10.0. The number of aromatic nitrogens is 3. The van der Waals surface area contributed by atoms with Gasteiger partial charge in [0.15, 0.2) is 0 Å². The second kappa shape index (κ2) is 16.4. The van der Waals surface area contributed by atoms with Crippen molar-refractivity contribution in [3.05, 3.63) is 88.2 Å². The van der Waals surface area contributed by atoms with Crippen LogP contribution in [-0.2, 0) is 29.7 Å². The van der Waals surface area contributed by atoms with Crippen LogP contribution in [0.5, 0.6) is 5.75 Å². The molecule has 3 N–H and O–H groups in total. The highest BCUT2D eigenvalue weighted by molar-refractivity contribution is 6.39. The Balaban J connectivity index is 1.28. The maximum atomic E-state index is 13.3. The molecule has 3 aromatic heterocycles. The number of methoxy groups -OCH3 is 1. The Hall–Kier alpha value is -4.68. The van der Waals surface area contributed by atoms with E-state index in [2.05, 4.69) is 15.6 Å². The lowest BCUT2D eigenvalue weighted by Gasteiger charge is -2.29. The van der Waals surface area contributed by atoms with E-state index in [1.54, 1.807) is 25.1 Å². The first-order chi connectivity index (χ1) is 25.7. The number of ether oxygens (including phenoxy) is 2. The number of rotatable bonds is 12. The standard InChI is InChI=1S/C41H46Cl2N6O5/c1-24(50)19-44-20-27-21-48(5)39-29(27)13-14-33(47-39)32-9-7-8-30(36(32)42)31-16-17-45-38(37(31)43)25-10-11-26(34(18-25)53-6)22-49(40(52)54-41(2,3)4)23-28-12-15-35(51)46-28/h7-11,13-14,16-18,21,24,28,44,50H,12,15,19-20,22-23H2,1-6H3,(H,46,51)/t24-,28-/m0/s1. The first-order valence-electron chi connectivity index (χ1n) is 17.9. The summed E-state index contributed by atoms with van der Waals surface area (Å²) in [6, 6.07) is 17.1. The van der Waals surface area contributed by atoms with E-state index in [0.29, 0.717) is 59.5 Å². The van der Waals surface area contributed by atoms with Gasteiger partial charge in [-0.05, 0) is 63.9 Å². The number of fused-ring (bicyclic) bond motifs is 1. The van der Waals surface area contributed by atoms with Gasteiger partial charge in [-0.1, -0.05) is 53.5 Å². The number of aryl methyl sites for hydroxylation is 1. The molecule has 2 aromatic carbocycles. The molecule has 0 unspecified atom stereocenters. The second-order valence-electron chi connectivity index (χ2n) is 14.7. The number of halogens is 2.